The Morgan fingerprint density at radius 3 is 2.39 bits per heavy atom. The van der Waals surface area contributed by atoms with Crippen LogP contribution in [0.4, 0.5) is 5.69 Å². The first-order valence-electron chi connectivity index (χ1n) is 7.53. The van der Waals surface area contributed by atoms with E-state index in [-0.39, 0.29) is 30.2 Å². The fourth-order valence-corrected chi connectivity index (χ4v) is 3.36. The third-order valence-corrected chi connectivity index (χ3v) is 4.61. The van der Waals surface area contributed by atoms with Crippen molar-refractivity contribution in [2.45, 2.75) is 19.8 Å². The molecular weight excluding hydrogens is 316 g/mol. The molecule has 1 heterocycles. The lowest BCUT2D eigenvalue weighted by atomic mass is 9.85. The third-order valence-electron chi connectivity index (χ3n) is 4.30. The van der Waals surface area contributed by atoms with Gasteiger partial charge in [0.25, 0.3) is 0 Å². The third kappa shape index (κ3) is 3.01. The number of hydrogen-bond donors (Lipinski definition) is 1. The second-order valence-corrected chi connectivity index (χ2v) is 6.36. The molecule has 120 valence electrons. The van der Waals surface area contributed by atoms with E-state index in [9.17, 15) is 14.4 Å². The van der Waals surface area contributed by atoms with Crippen molar-refractivity contribution in [3.05, 3.63) is 40.9 Å². The monoisotopic (exact) mass is 332 g/mol. The molecule has 0 bridgehead atoms. The van der Waals surface area contributed by atoms with Crippen LogP contribution >= 0.6 is 11.6 Å². The van der Waals surface area contributed by atoms with Gasteiger partial charge in [-0.3, -0.25) is 19.3 Å². The van der Waals surface area contributed by atoms with Crippen molar-refractivity contribution in [1.29, 1.82) is 0 Å². The van der Waals surface area contributed by atoms with Crippen LogP contribution in [0.1, 0.15) is 18.4 Å². The van der Waals surface area contributed by atoms with Gasteiger partial charge < -0.3 is 5.32 Å². The fourth-order valence-electron chi connectivity index (χ4n) is 3.08. The second-order valence-electron chi connectivity index (χ2n) is 5.95. The molecule has 5 nitrogen and oxygen atoms in total. The molecule has 3 amide bonds. The highest BCUT2D eigenvalue weighted by atomic mass is 35.5. The zero-order chi connectivity index (χ0) is 16.6. The Morgan fingerprint density at radius 2 is 1.83 bits per heavy atom. The molecule has 23 heavy (non-hydrogen) atoms. The van der Waals surface area contributed by atoms with Crippen LogP contribution < -0.4 is 5.32 Å². The van der Waals surface area contributed by atoms with Gasteiger partial charge in [-0.25, -0.2) is 0 Å². The summed E-state index contributed by atoms with van der Waals surface area (Å²) in [4.78, 5) is 37.9. The van der Waals surface area contributed by atoms with Crippen LogP contribution in [-0.4, -0.2) is 29.2 Å². The van der Waals surface area contributed by atoms with Gasteiger partial charge in [-0.05, 0) is 37.5 Å². The summed E-state index contributed by atoms with van der Waals surface area (Å²) in [5, 5.41) is 3.08. The van der Waals surface area contributed by atoms with Crippen LogP contribution in [0.15, 0.2) is 30.4 Å². The lowest BCUT2D eigenvalue weighted by Crippen LogP contribution is -2.38. The number of hydrogen-bond acceptors (Lipinski definition) is 3. The van der Waals surface area contributed by atoms with Gasteiger partial charge in [0.1, 0.15) is 6.54 Å². The molecule has 1 aromatic carbocycles. The number of carbonyl (C=O) groups excluding carboxylic acids is 3. The molecule has 0 unspecified atom stereocenters. The van der Waals surface area contributed by atoms with E-state index in [0.717, 1.165) is 10.5 Å². The lowest BCUT2D eigenvalue weighted by Gasteiger charge is -2.15. The van der Waals surface area contributed by atoms with E-state index in [1.165, 1.54) is 0 Å². The van der Waals surface area contributed by atoms with E-state index in [1.54, 1.807) is 12.1 Å². The summed E-state index contributed by atoms with van der Waals surface area (Å²) in [6.45, 7) is 1.63. The Balaban J connectivity index is 1.68. The Kier molecular flexibility index (Phi) is 4.22. The highest BCUT2D eigenvalue weighted by Gasteiger charge is 2.47. The maximum absolute atomic E-state index is 12.3. The summed E-state index contributed by atoms with van der Waals surface area (Å²) in [7, 11) is 0. The summed E-state index contributed by atoms with van der Waals surface area (Å²) >= 11 is 6.08. The van der Waals surface area contributed by atoms with Gasteiger partial charge in [0.2, 0.25) is 17.7 Å². The molecule has 1 aromatic rings. The number of fused-ring (bicyclic) bond motifs is 1. The Morgan fingerprint density at radius 1 is 1.22 bits per heavy atom. The number of likely N-dealkylation sites (tertiary alicyclic amines) is 1. The summed E-state index contributed by atoms with van der Waals surface area (Å²) in [5.41, 5.74) is 1.45. The van der Waals surface area contributed by atoms with E-state index < -0.39 is 5.91 Å². The number of benzene rings is 1. The van der Waals surface area contributed by atoms with Crippen molar-refractivity contribution in [1.82, 2.24) is 4.90 Å². The van der Waals surface area contributed by atoms with Crippen LogP contribution in [0.25, 0.3) is 0 Å². The van der Waals surface area contributed by atoms with Crippen LogP contribution in [0.3, 0.4) is 0 Å². The summed E-state index contributed by atoms with van der Waals surface area (Å²) in [5.74, 6) is -1.57. The van der Waals surface area contributed by atoms with Gasteiger partial charge in [-0.2, -0.15) is 0 Å². The highest BCUT2D eigenvalue weighted by molar-refractivity contribution is 6.33. The summed E-state index contributed by atoms with van der Waals surface area (Å²) in [6, 6.07) is 5.27. The maximum Gasteiger partial charge on any atom is 0.244 e. The molecular formula is C17H17ClN2O3. The standard InChI is InChI=1S/C17H17ClN2O3/c1-10-6-7-14(13(18)8-10)19-15(21)9-20-16(22)11-4-2-3-5-12(11)17(20)23/h2-3,6-8,11-12H,4-5,9H2,1H3,(H,19,21)/t11-,12-/m1/s1. The van der Waals surface area contributed by atoms with Crippen molar-refractivity contribution in [3.8, 4) is 0 Å². The average molecular weight is 333 g/mol. The minimum Gasteiger partial charge on any atom is -0.323 e. The summed E-state index contributed by atoms with van der Waals surface area (Å²) < 4.78 is 0. The number of anilines is 1. The molecule has 1 saturated heterocycles. The van der Waals surface area contributed by atoms with Gasteiger partial charge in [-0.1, -0.05) is 29.8 Å². The van der Waals surface area contributed by atoms with E-state index in [1.807, 2.05) is 25.1 Å². The number of allylic oxidation sites excluding steroid dienone is 2. The number of amides is 3. The average Bonchev–Trinajstić information content (AvgIpc) is 2.76. The number of imide groups is 1. The number of halogens is 1. The molecule has 2 aliphatic rings. The van der Waals surface area contributed by atoms with Crippen LogP contribution in [0, 0.1) is 18.8 Å². The molecule has 2 atom stereocenters. The van der Waals surface area contributed by atoms with Crippen LogP contribution in [0.5, 0.6) is 0 Å². The predicted molar refractivity (Wildman–Crippen MR) is 86.9 cm³/mol. The van der Waals surface area contributed by atoms with Crippen molar-refractivity contribution >= 4 is 35.0 Å². The molecule has 0 saturated carbocycles. The molecule has 0 spiro atoms. The Bertz CT molecular complexity index is 688. The second kappa shape index (κ2) is 6.16. The minimum absolute atomic E-state index is 0.255. The quantitative estimate of drug-likeness (QED) is 0.683. The zero-order valence-electron chi connectivity index (χ0n) is 12.7. The number of nitrogens with one attached hydrogen (secondary N) is 1. The number of nitrogens with zero attached hydrogens (tertiary/aromatic N) is 1. The van der Waals surface area contributed by atoms with Gasteiger partial charge in [0, 0.05) is 0 Å². The number of aryl methyl sites for hydroxylation is 1. The fraction of sp³-hybridized carbons (Fsp3) is 0.353. The number of carbonyl (C=O) groups is 3. The smallest absolute Gasteiger partial charge is 0.244 e. The van der Waals surface area contributed by atoms with E-state index in [0.29, 0.717) is 23.6 Å². The van der Waals surface area contributed by atoms with Gasteiger partial charge in [0.05, 0.1) is 22.5 Å². The normalized spacial score (nSPS) is 23.1. The Labute approximate surface area is 139 Å². The summed E-state index contributed by atoms with van der Waals surface area (Å²) in [6.07, 6.45) is 4.97. The SMILES string of the molecule is Cc1ccc(NC(=O)CN2C(=O)[C@@H]3CC=CC[C@H]3C2=O)c(Cl)c1. The Hall–Kier alpha value is -2.14. The van der Waals surface area contributed by atoms with Crippen molar-refractivity contribution in [3.63, 3.8) is 0 Å². The highest BCUT2D eigenvalue weighted by Crippen LogP contribution is 2.35. The van der Waals surface area contributed by atoms with Gasteiger partial charge in [0.15, 0.2) is 0 Å². The largest absolute Gasteiger partial charge is 0.323 e. The first kappa shape index (κ1) is 15.7. The first-order valence-corrected chi connectivity index (χ1v) is 7.91. The molecule has 0 radical (unpaired) electrons. The van der Waals surface area contributed by atoms with Crippen molar-refractivity contribution in [2.75, 3.05) is 11.9 Å². The van der Waals surface area contributed by atoms with E-state index in [2.05, 4.69) is 5.32 Å². The molecule has 0 aromatic heterocycles. The van der Waals surface area contributed by atoms with Gasteiger partial charge in [-0.15, -0.1) is 0 Å². The number of rotatable bonds is 3. The van der Waals surface area contributed by atoms with Gasteiger partial charge >= 0.3 is 0 Å². The lowest BCUT2D eigenvalue weighted by molar-refractivity contribution is -0.142. The van der Waals surface area contributed by atoms with Crippen LogP contribution in [0.2, 0.25) is 5.02 Å². The van der Waals surface area contributed by atoms with Crippen LogP contribution in [-0.2, 0) is 14.4 Å². The minimum atomic E-state index is -0.427. The molecule has 1 aliphatic heterocycles. The molecule has 1 N–H and O–H groups in total. The molecule has 3 rings (SSSR count). The van der Waals surface area contributed by atoms with E-state index in [4.69, 9.17) is 11.6 Å². The predicted octanol–water partition coefficient (Wildman–Crippen LogP) is 2.54. The zero-order valence-corrected chi connectivity index (χ0v) is 13.5. The molecule has 1 fully saturated rings. The molecule has 1 aliphatic carbocycles. The van der Waals surface area contributed by atoms with Crippen molar-refractivity contribution in [2.24, 2.45) is 11.8 Å². The maximum atomic E-state index is 12.3. The topological polar surface area (TPSA) is 66.5 Å². The van der Waals surface area contributed by atoms with Crippen molar-refractivity contribution < 1.29 is 14.4 Å². The van der Waals surface area contributed by atoms with E-state index >= 15 is 0 Å². The molecule has 6 heteroatoms. The first-order chi connectivity index (χ1) is 11.0.